The molecule has 1 saturated heterocycles. The van der Waals surface area contributed by atoms with Crippen LogP contribution in [0.15, 0.2) is 36.4 Å². The van der Waals surface area contributed by atoms with Crippen LogP contribution in [0.3, 0.4) is 0 Å². The fraction of sp³-hybridized carbons (Fsp3) is 0.375. The first-order chi connectivity index (χ1) is 10.2. The highest BCUT2D eigenvalue weighted by Crippen LogP contribution is 2.33. The zero-order valence-corrected chi connectivity index (χ0v) is 14.5. The summed E-state index contributed by atoms with van der Waals surface area (Å²) in [6.07, 6.45) is -0.223. The molecular weight excluding hydrogens is 339 g/mol. The van der Waals surface area contributed by atoms with Crippen LogP contribution in [0, 0.1) is 5.92 Å². The Morgan fingerprint density at radius 1 is 1.23 bits per heavy atom. The first-order valence-electron chi connectivity index (χ1n) is 7.17. The van der Waals surface area contributed by atoms with E-state index >= 15 is 0 Å². The third-order valence-corrected chi connectivity index (χ3v) is 5.26. The number of benzene rings is 1. The largest absolute Gasteiger partial charge is 0.391 e. The Balaban J connectivity index is 0.00000176. The van der Waals surface area contributed by atoms with Crippen molar-refractivity contribution in [1.29, 1.82) is 0 Å². The number of aliphatic hydroxyl groups excluding tert-OH is 1. The number of hydrogen-bond donors (Lipinski definition) is 3. The molecule has 3 rings (SSSR count). The topological polar surface area (TPSA) is 44.3 Å². The Kier molecular flexibility index (Phi) is 6.68. The first kappa shape index (κ1) is 17.7. The van der Waals surface area contributed by atoms with Crippen LogP contribution in [0.2, 0.25) is 5.02 Å². The number of β-amino-alcohol motifs (C(OH)–C–C–N with tert-alkyl or cyclic N) is 1. The summed E-state index contributed by atoms with van der Waals surface area (Å²) < 4.78 is 0. The van der Waals surface area contributed by atoms with Gasteiger partial charge in [-0.2, -0.15) is 0 Å². The summed E-state index contributed by atoms with van der Waals surface area (Å²) >= 11 is 7.99. The van der Waals surface area contributed by atoms with E-state index < -0.39 is 0 Å². The molecule has 22 heavy (non-hydrogen) atoms. The Morgan fingerprint density at radius 2 is 2.05 bits per heavy atom. The molecule has 2 unspecified atom stereocenters. The normalized spacial score (nSPS) is 20.8. The quantitative estimate of drug-likeness (QED) is 0.769. The molecule has 2 atom stereocenters. The molecule has 0 amide bonds. The lowest BCUT2D eigenvalue weighted by Crippen LogP contribution is -2.29. The molecule has 0 aliphatic carbocycles. The number of hydrogen-bond acceptors (Lipinski definition) is 4. The number of halogens is 2. The van der Waals surface area contributed by atoms with Crippen LogP contribution in [0.1, 0.15) is 4.88 Å². The summed E-state index contributed by atoms with van der Waals surface area (Å²) in [5, 5.41) is 17.2. The van der Waals surface area contributed by atoms with Crippen molar-refractivity contribution >= 4 is 35.3 Å². The summed E-state index contributed by atoms with van der Waals surface area (Å²) in [7, 11) is 0. The Labute approximate surface area is 146 Å². The Hall–Kier alpha value is -0.620. The maximum atomic E-state index is 9.75. The van der Waals surface area contributed by atoms with E-state index in [1.165, 1.54) is 9.75 Å². The molecule has 1 aliphatic rings. The second-order valence-corrected chi connectivity index (χ2v) is 6.94. The maximum absolute atomic E-state index is 9.75. The van der Waals surface area contributed by atoms with E-state index in [1.807, 2.05) is 24.3 Å². The van der Waals surface area contributed by atoms with Gasteiger partial charge < -0.3 is 15.7 Å². The highest BCUT2D eigenvalue weighted by Gasteiger charge is 2.24. The van der Waals surface area contributed by atoms with Gasteiger partial charge in [0, 0.05) is 52.4 Å². The molecule has 0 spiro atoms. The Morgan fingerprint density at radius 3 is 2.77 bits per heavy atom. The fourth-order valence-corrected chi connectivity index (χ4v) is 3.90. The van der Waals surface area contributed by atoms with Crippen LogP contribution in [-0.2, 0) is 6.54 Å². The summed E-state index contributed by atoms with van der Waals surface area (Å²) in [5.74, 6) is 0.313. The van der Waals surface area contributed by atoms with Gasteiger partial charge in [-0.3, -0.25) is 0 Å². The van der Waals surface area contributed by atoms with E-state index in [9.17, 15) is 5.11 Å². The highest BCUT2D eigenvalue weighted by atomic mass is 35.5. The van der Waals surface area contributed by atoms with Crippen LogP contribution < -0.4 is 10.6 Å². The van der Waals surface area contributed by atoms with Crippen LogP contribution in [0.25, 0.3) is 10.4 Å². The third kappa shape index (κ3) is 4.22. The summed E-state index contributed by atoms with van der Waals surface area (Å²) in [5.41, 5.74) is 1.09. The molecule has 1 aromatic carbocycles. The molecule has 1 aliphatic heterocycles. The summed E-state index contributed by atoms with van der Waals surface area (Å²) in [4.78, 5) is 2.48. The van der Waals surface area contributed by atoms with Crippen molar-refractivity contribution in [3.63, 3.8) is 0 Å². The maximum Gasteiger partial charge on any atom is 0.0716 e. The van der Waals surface area contributed by atoms with Crippen molar-refractivity contribution in [2.24, 2.45) is 5.92 Å². The number of aliphatic hydroxyl groups is 1. The number of thiophene rings is 1. The van der Waals surface area contributed by atoms with Gasteiger partial charge in [-0.25, -0.2) is 0 Å². The molecule has 3 N–H and O–H groups in total. The zero-order chi connectivity index (χ0) is 14.7. The lowest BCUT2D eigenvalue weighted by Gasteiger charge is -2.13. The minimum absolute atomic E-state index is 0. The first-order valence-corrected chi connectivity index (χ1v) is 8.36. The van der Waals surface area contributed by atoms with E-state index in [-0.39, 0.29) is 18.5 Å². The molecule has 2 heterocycles. The van der Waals surface area contributed by atoms with Gasteiger partial charge in [-0.05, 0) is 18.2 Å². The van der Waals surface area contributed by atoms with Crippen molar-refractivity contribution < 1.29 is 5.11 Å². The van der Waals surface area contributed by atoms with Gasteiger partial charge in [-0.15, -0.1) is 23.7 Å². The number of rotatable bonds is 5. The average molecular weight is 359 g/mol. The lowest BCUT2D eigenvalue weighted by molar-refractivity contribution is 0.146. The predicted molar refractivity (Wildman–Crippen MR) is 96.1 cm³/mol. The van der Waals surface area contributed by atoms with E-state index in [1.54, 1.807) is 11.3 Å². The van der Waals surface area contributed by atoms with E-state index in [0.29, 0.717) is 12.5 Å². The van der Waals surface area contributed by atoms with Crippen LogP contribution in [0.5, 0.6) is 0 Å². The van der Waals surface area contributed by atoms with E-state index in [0.717, 1.165) is 30.2 Å². The molecule has 2 aromatic rings. The second-order valence-electron chi connectivity index (χ2n) is 5.36. The van der Waals surface area contributed by atoms with Crippen LogP contribution in [-0.4, -0.2) is 30.8 Å². The van der Waals surface area contributed by atoms with Crippen molar-refractivity contribution in [2.45, 2.75) is 12.6 Å². The van der Waals surface area contributed by atoms with Gasteiger partial charge in [0.05, 0.1) is 6.10 Å². The van der Waals surface area contributed by atoms with Gasteiger partial charge in [0.15, 0.2) is 0 Å². The minimum atomic E-state index is -0.223. The van der Waals surface area contributed by atoms with Gasteiger partial charge >= 0.3 is 0 Å². The molecule has 120 valence electrons. The molecule has 0 radical (unpaired) electrons. The van der Waals surface area contributed by atoms with Gasteiger partial charge in [0.1, 0.15) is 0 Å². The Bertz CT molecular complexity index is 605. The smallest absolute Gasteiger partial charge is 0.0716 e. The molecule has 0 saturated carbocycles. The predicted octanol–water partition coefficient (Wildman–Crippen LogP) is 3.16. The van der Waals surface area contributed by atoms with Gasteiger partial charge in [-0.1, -0.05) is 29.8 Å². The van der Waals surface area contributed by atoms with Crippen molar-refractivity contribution in [1.82, 2.24) is 10.6 Å². The second kappa shape index (κ2) is 8.29. The molecule has 3 nitrogen and oxygen atoms in total. The molecular formula is C16H20Cl2N2OS. The zero-order valence-electron chi connectivity index (χ0n) is 12.1. The standard InChI is InChI=1S/C16H19ClN2OS.ClH/c17-14-4-2-1-3-13(14)16-6-5-12(21-16)9-18-7-11-8-19-10-15(11)20;/h1-6,11,15,18-20H,7-10H2;1H. The van der Waals surface area contributed by atoms with E-state index in [4.69, 9.17) is 11.6 Å². The van der Waals surface area contributed by atoms with E-state index in [2.05, 4.69) is 22.8 Å². The van der Waals surface area contributed by atoms with Crippen molar-refractivity contribution in [3.8, 4) is 10.4 Å². The van der Waals surface area contributed by atoms with Gasteiger partial charge in [0.25, 0.3) is 0 Å². The molecule has 1 fully saturated rings. The summed E-state index contributed by atoms with van der Waals surface area (Å²) in [6.45, 7) is 3.28. The minimum Gasteiger partial charge on any atom is -0.391 e. The SMILES string of the molecule is Cl.OC1CNCC1CNCc1ccc(-c2ccccc2Cl)s1. The van der Waals surface area contributed by atoms with Crippen molar-refractivity contribution in [2.75, 3.05) is 19.6 Å². The highest BCUT2D eigenvalue weighted by molar-refractivity contribution is 7.15. The van der Waals surface area contributed by atoms with Crippen LogP contribution >= 0.6 is 35.3 Å². The van der Waals surface area contributed by atoms with Crippen molar-refractivity contribution in [3.05, 3.63) is 46.3 Å². The summed E-state index contributed by atoms with van der Waals surface area (Å²) in [6, 6.07) is 12.2. The molecule has 0 bridgehead atoms. The van der Waals surface area contributed by atoms with Crippen LogP contribution in [0.4, 0.5) is 0 Å². The average Bonchev–Trinajstić information content (AvgIpc) is 3.10. The molecule has 6 heteroatoms. The number of nitrogens with one attached hydrogen (secondary N) is 2. The third-order valence-electron chi connectivity index (χ3n) is 3.81. The van der Waals surface area contributed by atoms with Gasteiger partial charge in [0.2, 0.25) is 0 Å². The molecule has 1 aromatic heterocycles. The lowest BCUT2D eigenvalue weighted by atomic mass is 10.1. The monoisotopic (exact) mass is 358 g/mol. The fourth-order valence-electron chi connectivity index (χ4n) is 2.59.